The molecule has 0 spiro atoms. The molecule has 0 aliphatic heterocycles. The molecule has 0 aromatic heterocycles. The van der Waals surface area contributed by atoms with Crippen molar-refractivity contribution < 1.29 is 4.39 Å². The molecule has 0 radical (unpaired) electrons. The van der Waals surface area contributed by atoms with Crippen molar-refractivity contribution in [3.8, 4) is 0 Å². The second-order valence-corrected chi connectivity index (χ2v) is 5.03. The van der Waals surface area contributed by atoms with E-state index < -0.39 is 0 Å². The Morgan fingerprint density at radius 1 is 1.42 bits per heavy atom. The Morgan fingerprint density at radius 2 is 2.05 bits per heavy atom. The molecule has 0 saturated heterocycles. The molecule has 0 aliphatic carbocycles. The second-order valence-electron chi connectivity index (χ2n) is 4.59. The molecule has 1 aromatic rings. The van der Waals surface area contributed by atoms with E-state index >= 15 is 0 Å². The number of rotatable bonds is 7. The fourth-order valence-corrected chi connectivity index (χ4v) is 2.20. The van der Waals surface area contributed by atoms with Crippen LogP contribution in [0.15, 0.2) is 18.2 Å². The van der Waals surface area contributed by atoms with Gasteiger partial charge in [-0.05, 0) is 38.2 Å². The van der Waals surface area contributed by atoms with Gasteiger partial charge < -0.3 is 16.0 Å². The number of halogens is 1. The Bertz CT molecular complexity index is 433. The van der Waals surface area contributed by atoms with Crippen LogP contribution in [0.1, 0.15) is 26.3 Å². The molecule has 0 heterocycles. The highest BCUT2D eigenvalue weighted by molar-refractivity contribution is 7.80. The maximum Gasteiger partial charge on any atom is 0.124 e. The maximum absolute atomic E-state index is 13.2. The van der Waals surface area contributed by atoms with Crippen molar-refractivity contribution in [2.75, 3.05) is 25.0 Å². The maximum atomic E-state index is 13.2. The normalized spacial score (nSPS) is 12.5. The minimum absolute atomic E-state index is 0.206. The van der Waals surface area contributed by atoms with Crippen LogP contribution in [-0.2, 0) is 0 Å². The van der Waals surface area contributed by atoms with Crippen molar-refractivity contribution in [1.29, 1.82) is 0 Å². The van der Waals surface area contributed by atoms with Gasteiger partial charge in [0.2, 0.25) is 0 Å². The Balaban J connectivity index is 2.78. The smallest absolute Gasteiger partial charge is 0.124 e. The second kappa shape index (κ2) is 7.40. The number of nitrogens with zero attached hydrogens (tertiary/aromatic N) is 1. The number of anilines is 1. The van der Waals surface area contributed by atoms with Gasteiger partial charge in [-0.3, -0.25) is 0 Å². The van der Waals surface area contributed by atoms with Gasteiger partial charge in [-0.25, -0.2) is 4.39 Å². The molecule has 19 heavy (non-hydrogen) atoms. The van der Waals surface area contributed by atoms with E-state index in [2.05, 4.69) is 31.0 Å². The lowest BCUT2D eigenvalue weighted by Gasteiger charge is -2.25. The minimum atomic E-state index is -0.329. The highest BCUT2D eigenvalue weighted by Crippen LogP contribution is 2.18. The Labute approximate surface area is 120 Å². The molecule has 5 heteroatoms. The summed E-state index contributed by atoms with van der Waals surface area (Å²) in [6.07, 6.45) is 0. The first kappa shape index (κ1) is 15.9. The monoisotopic (exact) mass is 283 g/mol. The molecular weight excluding hydrogens is 261 g/mol. The van der Waals surface area contributed by atoms with Gasteiger partial charge in [0.25, 0.3) is 0 Å². The first-order chi connectivity index (χ1) is 8.97. The van der Waals surface area contributed by atoms with Gasteiger partial charge in [-0.2, -0.15) is 0 Å². The molecule has 1 aromatic carbocycles. The summed E-state index contributed by atoms with van der Waals surface area (Å²) in [5, 5.41) is 3.34. The van der Waals surface area contributed by atoms with Crippen LogP contribution in [0.3, 0.4) is 0 Å². The van der Waals surface area contributed by atoms with Crippen molar-refractivity contribution in [2.45, 2.75) is 26.8 Å². The zero-order chi connectivity index (χ0) is 14.4. The predicted octanol–water partition coefficient (Wildman–Crippen LogP) is 2.60. The van der Waals surface area contributed by atoms with E-state index in [1.165, 1.54) is 12.1 Å². The van der Waals surface area contributed by atoms with E-state index in [1.807, 2.05) is 0 Å². The average Bonchev–Trinajstić information content (AvgIpc) is 2.37. The number of hydrogen-bond acceptors (Lipinski definition) is 3. The van der Waals surface area contributed by atoms with Crippen molar-refractivity contribution in [3.05, 3.63) is 29.6 Å². The summed E-state index contributed by atoms with van der Waals surface area (Å²) >= 11 is 4.96. The Hall–Kier alpha value is -1.20. The lowest BCUT2D eigenvalue weighted by molar-refractivity contribution is 0.295. The van der Waals surface area contributed by atoms with E-state index in [1.54, 1.807) is 6.07 Å². The van der Waals surface area contributed by atoms with Crippen molar-refractivity contribution in [3.63, 3.8) is 0 Å². The average molecular weight is 283 g/mol. The van der Waals surface area contributed by atoms with E-state index in [-0.39, 0.29) is 16.8 Å². The molecule has 106 valence electrons. The fourth-order valence-electron chi connectivity index (χ4n) is 2.03. The molecule has 1 rings (SSSR count). The summed E-state index contributed by atoms with van der Waals surface area (Å²) in [7, 11) is 0. The van der Waals surface area contributed by atoms with Crippen molar-refractivity contribution in [1.82, 2.24) is 4.90 Å². The van der Waals surface area contributed by atoms with Crippen LogP contribution in [0.2, 0.25) is 0 Å². The van der Waals surface area contributed by atoms with Gasteiger partial charge in [0.05, 0.1) is 0 Å². The van der Waals surface area contributed by atoms with Gasteiger partial charge in [0, 0.05) is 23.8 Å². The highest BCUT2D eigenvalue weighted by atomic mass is 32.1. The third-order valence-electron chi connectivity index (χ3n) is 3.08. The van der Waals surface area contributed by atoms with Gasteiger partial charge >= 0.3 is 0 Å². The number of benzene rings is 1. The van der Waals surface area contributed by atoms with Crippen LogP contribution in [-0.4, -0.2) is 35.6 Å². The largest absolute Gasteiger partial charge is 0.389 e. The summed E-state index contributed by atoms with van der Waals surface area (Å²) in [5.74, 6) is -0.329. The molecule has 1 atom stereocenters. The first-order valence-electron chi connectivity index (χ1n) is 6.56. The molecule has 3 N–H and O–H groups in total. The Morgan fingerprint density at radius 3 is 2.58 bits per heavy atom. The molecule has 0 aliphatic rings. The molecule has 0 fully saturated rings. The number of likely N-dealkylation sites (N-methyl/N-ethyl adjacent to an activating group) is 1. The molecule has 3 nitrogen and oxygen atoms in total. The lowest BCUT2D eigenvalue weighted by atomic mass is 10.1. The first-order valence-corrected chi connectivity index (χ1v) is 6.97. The van der Waals surface area contributed by atoms with Crippen LogP contribution in [0, 0.1) is 5.82 Å². The number of nitrogens with two attached hydrogens (primary N) is 1. The van der Waals surface area contributed by atoms with Gasteiger partial charge in [0.15, 0.2) is 0 Å². The minimum Gasteiger partial charge on any atom is -0.389 e. The fraction of sp³-hybridized carbons (Fsp3) is 0.500. The summed E-state index contributed by atoms with van der Waals surface area (Å²) < 4.78 is 13.2. The summed E-state index contributed by atoms with van der Waals surface area (Å²) in [6.45, 7) is 9.29. The van der Waals surface area contributed by atoms with Crippen molar-refractivity contribution in [2.24, 2.45) is 5.73 Å². The third kappa shape index (κ3) is 4.76. The quantitative estimate of drug-likeness (QED) is 0.755. The molecular formula is C14H22FN3S. The standard InChI is InChI=1S/C14H22FN3S/c1-4-18(5-2)9-10(3)17-13-7-6-11(15)8-12(13)14(16)19/h6-8,10,17H,4-5,9H2,1-3H3,(H2,16,19). The summed E-state index contributed by atoms with van der Waals surface area (Å²) in [4.78, 5) is 2.53. The van der Waals surface area contributed by atoms with Crippen molar-refractivity contribution >= 4 is 22.9 Å². The molecule has 0 bridgehead atoms. The van der Waals surface area contributed by atoms with E-state index in [4.69, 9.17) is 18.0 Å². The zero-order valence-electron chi connectivity index (χ0n) is 11.7. The number of nitrogens with one attached hydrogen (secondary N) is 1. The highest BCUT2D eigenvalue weighted by Gasteiger charge is 2.11. The van der Waals surface area contributed by atoms with Crippen LogP contribution in [0.4, 0.5) is 10.1 Å². The van der Waals surface area contributed by atoms with Gasteiger partial charge in [-0.1, -0.05) is 26.1 Å². The summed E-state index contributed by atoms with van der Waals surface area (Å²) in [5.41, 5.74) is 6.97. The number of thiocarbonyl (C=S) groups is 1. The Kier molecular flexibility index (Phi) is 6.18. The van der Waals surface area contributed by atoms with E-state index in [0.717, 1.165) is 25.3 Å². The van der Waals surface area contributed by atoms with Crippen LogP contribution < -0.4 is 11.1 Å². The van der Waals surface area contributed by atoms with Crippen LogP contribution in [0.25, 0.3) is 0 Å². The van der Waals surface area contributed by atoms with Crippen LogP contribution >= 0.6 is 12.2 Å². The molecule has 1 unspecified atom stereocenters. The molecule has 0 amide bonds. The predicted molar refractivity (Wildman–Crippen MR) is 83.2 cm³/mol. The molecule has 0 saturated carbocycles. The lowest BCUT2D eigenvalue weighted by Crippen LogP contribution is -2.35. The third-order valence-corrected chi connectivity index (χ3v) is 3.30. The van der Waals surface area contributed by atoms with E-state index in [9.17, 15) is 4.39 Å². The van der Waals surface area contributed by atoms with Crippen LogP contribution in [0.5, 0.6) is 0 Å². The van der Waals surface area contributed by atoms with Gasteiger partial charge in [0.1, 0.15) is 10.8 Å². The van der Waals surface area contributed by atoms with Gasteiger partial charge in [-0.15, -0.1) is 0 Å². The van der Waals surface area contributed by atoms with E-state index in [0.29, 0.717) is 5.56 Å². The summed E-state index contributed by atoms with van der Waals surface area (Å²) in [6, 6.07) is 4.70. The number of hydrogen-bond donors (Lipinski definition) is 2. The zero-order valence-corrected chi connectivity index (χ0v) is 12.6. The topological polar surface area (TPSA) is 41.3 Å². The SMILES string of the molecule is CCN(CC)CC(C)Nc1ccc(F)cc1C(N)=S.